The van der Waals surface area contributed by atoms with Crippen molar-refractivity contribution in [1.29, 1.82) is 0 Å². The number of piperidine rings is 1. The van der Waals surface area contributed by atoms with Gasteiger partial charge in [-0.2, -0.15) is 0 Å². The molecular weight excluding hydrogens is 445 g/mol. The molecule has 1 unspecified atom stereocenters. The number of fused-ring (bicyclic) bond motifs is 1. The lowest BCUT2D eigenvalue weighted by Gasteiger charge is -2.34. The monoisotopic (exact) mass is 473 g/mol. The topological polar surface area (TPSA) is 52.7 Å². The molecule has 2 heterocycles. The number of anilines is 1. The summed E-state index contributed by atoms with van der Waals surface area (Å²) in [6.07, 6.45) is 3.39. The second-order valence-electron chi connectivity index (χ2n) is 8.92. The van der Waals surface area contributed by atoms with Crippen molar-refractivity contribution >= 4 is 40.7 Å². The van der Waals surface area contributed by atoms with E-state index in [4.69, 9.17) is 23.2 Å². The Hall–Kier alpha value is -2.08. The number of carbonyl (C=O) groups is 2. The average molecular weight is 474 g/mol. The third-order valence-corrected chi connectivity index (χ3v) is 7.58. The molecule has 2 aliphatic rings. The first-order valence-electron chi connectivity index (χ1n) is 11.1. The quantitative estimate of drug-likeness (QED) is 0.680. The third-order valence-electron chi connectivity index (χ3n) is 6.92. The molecule has 5 nitrogen and oxygen atoms in total. The molecule has 0 aromatic heterocycles. The molecule has 2 amide bonds. The minimum atomic E-state index is -1.32. The SMILES string of the molecule is CCC1CCN(CC(=O)NC2(c3ccc(Cl)cc3)C(=O)N(C)c3cc(Cl)c(C)cc32)CC1. The molecule has 1 fully saturated rings. The van der Waals surface area contributed by atoms with E-state index in [1.807, 2.05) is 13.0 Å². The number of aryl methyl sites for hydroxylation is 1. The van der Waals surface area contributed by atoms with E-state index in [0.717, 1.165) is 43.0 Å². The summed E-state index contributed by atoms with van der Waals surface area (Å²) >= 11 is 12.5. The molecule has 170 valence electrons. The maximum atomic E-state index is 13.7. The van der Waals surface area contributed by atoms with Crippen molar-refractivity contribution in [3.63, 3.8) is 0 Å². The van der Waals surface area contributed by atoms with Crippen LogP contribution in [0.25, 0.3) is 0 Å². The first-order valence-corrected chi connectivity index (χ1v) is 11.9. The van der Waals surface area contributed by atoms with E-state index in [1.54, 1.807) is 42.3 Å². The fourth-order valence-corrected chi connectivity index (χ4v) is 5.19. The number of carbonyl (C=O) groups excluding carboxylic acids is 2. The molecule has 1 saturated heterocycles. The molecule has 7 heteroatoms. The third kappa shape index (κ3) is 4.02. The highest BCUT2D eigenvalue weighted by atomic mass is 35.5. The number of amides is 2. The number of hydrogen-bond donors (Lipinski definition) is 1. The number of nitrogens with one attached hydrogen (secondary N) is 1. The van der Waals surface area contributed by atoms with Crippen LogP contribution in [0, 0.1) is 12.8 Å². The number of hydrogen-bond acceptors (Lipinski definition) is 3. The Morgan fingerprint density at radius 3 is 2.44 bits per heavy atom. The predicted molar refractivity (Wildman–Crippen MR) is 129 cm³/mol. The van der Waals surface area contributed by atoms with Gasteiger partial charge in [-0.25, -0.2) is 0 Å². The number of likely N-dealkylation sites (tertiary alicyclic amines) is 1. The van der Waals surface area contributed by atoms with E-state index >= 15 is 0 Å². The second-order valence-corrected chi connectivity index (χ2v) is 9.76. The summed E-state index contributed by atoms with van der Waals surface area (Å²) in [4.78, 5) is 30.8. The molecule has 32 heavy (non-hydrogen) atoms. The van der Waals surface area contributed by atoms with Gasteiger partial charge < -0.3 is 10.2 Å². The fraction of sp³-hybridized carbons (Fsp3) is 0.440. The first-order chi connectivity index (χ1) is 15.3. The van der Waals surface area contributed by atoms with Gasteiger partial charge >= 0.3 is 0 Å². The lowest BCUT2D eigenvalue weighted by Crippen LogP contribution is -2.55. The van der Waals surface area contributed by atoms with Crippen LogP contribution >= 0.6 is 23.2 Å². The molecule has 2 aliphatic heterocycles. The molecule has 1 atom stereocenters. The van der Waals surface area contributed by atoms with Crippen molar-refractivity contribution < 1.29 is 9.59 Å². The summed E-state index contributed by atoms with van der Waals surface area (Å²) < 4.78 is 0. The van der Waals surface area contributed by atoms with Crippen molar-refractivity contribution in [1.82, 2.24) is 10.2 Å². The summed E-state index contributed by atoms with van der Waals surface area (Å²) in [6, 6.07) is 10.8. The van der Waals surface area contributed by atoms with E-state index in [-0.39, 0.29) is 18.4 Å². The molecule has 1 N–H and O–H groups in total. The predicted octanol–water partition coefficient (Wildman–Crippen LogP) is 4.76. The van der Waals surface area contributed by atoms with Gasteiger partial charge in [0.1, 0.15) is 0 Å². The van der Waals surface area contributed by atoms with E-state index in [1.165, 1.54) is 6.42 Å². The number of benzene rings is 2. The summed E-state index contributed by atoms with van der Waals surface area (Å²) in [5.41, 5.74) is 1.64. The number of nitrogens with zero attached hydrogens (tertiary/aromatic N) is 2. The van der Waals surface area contributed by atoms with E-state index in [0.29, 0.717) is 21.3 Å². The molecule has 2 aromatic rings. The van der Waals surface area contributed by atoms with Crippen molar-refractivity contribution in [2.24, 2.45) is 5.92 Å². The van der Waals surface area contributed by atoms with Crippen LogP contribution in [-0.4, -0.2) is 43.4 Å². The Balaban J connectivity index is 1.71. The van der Waals surface area contributed by atoms with Crippen LogP contribution in [0.15, 0.2) is 36.4 Å². The van der Waals surface area contributed by atoms with E-state index < -0.39 is 5.54 Å². The molecule has 0 aliphatic carbocycles. The van der Waals surface area contributed by atoms with Crippen molar-refractivity contribution in [2.45, 2.75) is 38.6 Å². The maximum absolute atomic E-state index is 13.7. The standard InChI is InChI=1S/C25H29Cl2N3O2/c1-4-17-9-11-30(12-10-17)15-23(31)28-25(18-5-7-19(26)8-6-18)20-13-16(2)21(27)14-22(20)29(3)24(25)32/h5-8,13-14,17H,4,9-12,15H2,1-3H3,(H,28,31). The minimum absolute atomic E-state index is 0.169. The van der Waals surface area contributed by atoms with Gasteiger partial charge in [-0.1, -0.05) is 48.7 Å². The maximum Gasteiger partial charge on any atom is 0.261 e. The highest BCUT2D eigenvalue weighted by Gasteiger charge is 2.52. The van der Waals surface area contributed by atoms with Crippen molar-refractivity contribution in [3.05, 3.63) is 63.1 Å². The Morgan fingerprint density at radius 1 is 1.16 bits per heavy atom. The Labute approximate surface area is 199 Å². The van der Waals surface area contributed by atoms with Crippen LogP contribution in [0.1, 0.15) is 42.9 Å². The molecule has 2 aromatic carbocycles. The highest BCUT2D eigenvalue weighted by molar-refractivity contribution is 6.32. The zero-order chi connectivity index (χ0) is 23.0. The second kappa shape index (κ2) is 9.05. The number of likely N-dealkylation sites (N-methyl/N-ethyl adjacent to an activating group) is 1. The summed E-state index contributed by atoms with van der Waals surface area (Å²) in [7, 11) is 1.71. The molecule has 4 rings (SSSR count). The lowest BCUT2D eigenvalue weighted by atomic mass is 9.83. The van der Waals surface area contributed by atoms with Gasteiger partial charge in [0.05, 0.1) is 12.2 Å². The molecule has 0 radical (unpaired) electrons. The van der Waals surface area contributed by atoms with Crippen LogP contribution in [0.5, 0.6) is 0 Å². The lowest BCUT2D eigenvalue weighted by molar-refractivity contribution is -0.130. The zero-order valence-electron chi connectivity index (χ0n) is 18.8. The van der Waals surface area contributed by atoms with Crippen LogP contribution in [0.4, 0.5) is 5.69 Å². The minimum Gasteiger partial charge on any atom is -0.333 e. The van der Waals surface area contributed by atoms with Crippen LogP contribution in [0.3, 0.4) is 0 Å². The van der Waals surface area contributed by atoms with Gasteiger partial charge in [0.15, 0.2) is 5.54 Å². The van der Waals surface area contributed by atoms with Crippen LogP contribution < -0.4 is 10.2 Å². The van der Waals surface area contributed by atoms with Crippen LogP contribution in [0.2, 0.25) is 10.0 Å². The summed E-state index contributed by atoms with van der Waals surface area (Å²) in [5, 5.41) is 4.28. The van der Waals surface area contributed by atoms with E-state index in [9.17, 15) is 9.59 Å². The Morgan fingerprint density at radius 2 is 1.81 bits per heavy atom. The van der Waals surface area contributed by atoms with Gasteiger partial charge in [-0.3, -0.25) is 14.5 Å². The summed E-state index contributed by atoms with van der Waals surface area (Å²) in [5.74, 6) is 0.353. The zero-order valence-corrected chi connectivity index (χ0v) is 20.3. The van der Waals surface area contributed by atoms with Gasteiger partial charge in [0.25, 0.3) is 5.91 Å². The molecule has 0 spiro atoms. The number of halogens is 2. The largest absolute Gasteiger partial charge is 0.333 e. The molecule has 0 bridgehead atoms. The van der Waals surface area contributed by atoms with E-state index in [2.05, 4.69) is 17.1 Å². The van der Waals surface area contributed by atoms with Crippen molar-refractivity contribution in [2.75, 3.05) is 31.6 Å². The van der Waals surface area contributed by atoms with Gasteiger partial charge in [-0.05, 0) is 74.2 Å². The van der Waals surface area contributed by atoms with Crippen LogP contribution in [-0.2, 0) is 15.1 Å². The Bertz CT molecular complexity index is 1030. The van der Waals surface area contributed by atoms with Gasteiger partial charge in [0.2, 0.25) is 5.91 Å². The molecule has 0 saturated carbocycles. The first kappa shape index (κ1) is 23.1. The normalized spacial score (nSPS) is 21.7. The number of rotatable bonds is 5. The molecular formula is C25H29Cl2N3O2. The fourth-order valence-electron chi connectivity index (χ4n) is 4.90. The average Bonchev–Trinajstić information content (AvgIpc) is 2.97. The summed E-state index contributed by atoms with van der Waals surface area (Å²) in [6.45, 7) is 6.19. The Kier molecular flexibility index (Phi) is 6.53. The smallest absolute Gasteiger partial charge is 0.261 e. The highest BCUT2D eigenvalue weighted by Crippen LogP contribution is 2.46. The van der Waals surface area contributed by atoms with Gasteiger partial charge in [0, 0.05) is 22.7 Å². The van der Waals surface area contributed by atoms with Crippen molar-refractivity contribution in [3.8, 4) is 0 Å². The van der Waals surface area contributed by atoms with Gasteiger partial charge in [-0.15, -0.1) is 0 Å².